The highest BCUT2D eigenvalue weighted by molar-refractivity contribution is 5.81. The van der Waals surface area contributed by atoms with E-state index in [1.165, 1.54) is 12.1 Å². The highest BCUT2D eigenvalue weighted by Crippen LogP contribution is 2.17. The Morgan fingerprint density at radius 1 is 1.15 bits per heavy atom. The fourth-order valence-corrected chi connectivity index (χ4v) is 2.82. The molecular formula is C20H17FN4O2. The zero-order valence-electron chi connectivity index (χ0n) is 14.4. The minimum atomic E-state index is -0.286. The van der Waals surface area contributed by atoms with Crippen LogP contribution in [0.25, 0.3) is 22.3 Å². The van der Waals surface area contributed by atoms with E-state index in [9.17, 15) is 9.18 Å². The number of halogens is 1. The lowest BCUT2D eigenvalue weighted by Crippen LogP contribution is -2.23. The van der Waals surface area contributed by atoms with Crippen molar-refractivity contribution < 1.29 is 13.7 Å². The summed E-state index contributed by atoms with van der Waals surface area (Å²) in [6.45, 7) is 0.341. The highest BCUT2D eigenvalue weighted by Gasteiger charge is 2.11. The summed E-state index contributed by atoms with van der Waals surface area (Å²) in [4.78, 5) is 19.5. The molecule has 4 rings (SSSR count). The normalized spacial score (nSPS) is 11.0. The number of hydrogen-bond acceptors (Lipinski definition) is 4. The summed E-state index contributed by atoms with van der Waals surface area (Å²) in [7, 11) is 0. The predicted molar refractivity (Wildman–Crippen MR) is 98.2 cm³/mol. The third-order valence-corrected chi connectivity index (χ3v) is 4.18. The average molecular weight is 364 g/mol. The summed E-state index contributed by atoms with van der Waals surface area (Å²) in [5, 5.41) is 7.54. The number of H-pyrrole nitrogens is 1. The van der Waals surface area contributed by atoms with Crippen LogP contribution in [0.3, 0.4) is 0 Å². The fourth-order valence-electron chi connectivity index (χ4n) is 2.82. The van der Waals surface area contributed by atoms with E-state index in [1.54, 1.807) is 6.07 Å². The van der Waals surface area contributed by atoms with Gasteiger partial charge in [0.1, 0.15) is 5.82 Å². The second-order valence-corrected chi connectivity index (χ2v) is 6.18. The van der Waals surface area contributed by atoms with Crippen molar-refractivity contribution in [3.05, 3.63) is 72.0 Å². The van der Waals surface area contributed by atoms with Gasteiger partial charge in [-0.05, 0) is 24.3 Å². The maximum atomic E-state index is 13.2. The van der Waals surface area contributed by atoms with Gasteiger partial charge < -0.3 is 14.8 Å². The summed E-state index contributed by atoms with van der Waals surface area (Å²) in [5.41, 5.74) is 2.51. The maximum absolute atomic E-state index is 13.2. The Morgan fingerprint density at radius 2 is 2.00 bits per heavy atom. The number of hydrogen-bond donors (Lipinski definition) is 2. The number of nitrogens with one attached hydrogen (secondary N) is 2. The first kappa shape index (κ1) is 17.0. The Morgan fingerprint density at radius 3 is 2.85 bits per heavy atom. The number of carbonyl (C=O) groups is 1. The molecule has 0 bridgehead atoms. The van der Waals surface area contributed by atoms with E-state index in [1.807, 2.05) is 36.4 Å². The third-order valence-electron chi connectivity index (χ3n) is 4.18. The Hall–Kier alpha value is -3.48. The summed E-state index contributed by atoms with van der Waals surface area (Å²) < 4.78 is 18.4. The number of nitrogens with zero attached hydrogens (tertiary/aromatic N) is 2. The molecule has 0 radical (unpaired) electrons. The Bertz CT molecular complexity index is 1070. The zero-order valence-corrected chi connectivity index (χ0v) is 14.4. The van der Waals surface area contributed by atoms with Gasteiger partial charge in [-0.15, -0.1) is 0 Å². The lowest BCUT2D eigenvalue weighted by molar-refractivity contribution is -0.121. The Balaban J connectivity index is 1.30. The average Bonchev–Trinajstić information content (AvgIpc) is 3.32. The largest absolute Gasteiger partial charge is 0.357 e. The number of fused-ring (bicyclic) bond motifs is 1. The molecule has 6 nitrogen and oxygen atoms in total. The molecule has 4 aromatic rings. The van der Waals surface area contributed by atoms with Gasteiger partial charge in [-0.3, -0.25) is 4.79 Å². The van der Waals surface area contributed by atoms with Crippen molar-refractivity contribution in [3.63, 3.8) is 0 Å². The van der Waals surface area contributed by atoms with Crippen LogP contribution in [0, 0.1) is 5.82 Å². The number of aromatic amines is 1. The molecule has 0 spiro atoms. The number of benzene rings is 2. The van der Waals surface area contributed by atoms with Crippen molar-refractivity contribution in [2.45, 2.75) is 19.4 Å². The molecule has 0 atom stereocenters. The van der Waals surface area contributed by atoms with Crippen LogP contribution in [-0.2, 0) is 17.8 Å². The first-order valence-electron chi connectivity index (χ1n) is 8.59. The summed E-state index contributed by atoms with van der Waals surface area (Å²) in [6.07, 6.45) is 0.606. The van der Waals surface area contributed by atoms with Gasteiger partial charge in [-0.25, -0.2) is 4.39 Å². The fraction of sp³-hybridized carbons (Fsp3) is 0.150. The van der Waals surface area contributed by atoms with Gasteiger partial charge >= 0.3 is 0 Å². The van der Waals surface area contributed by atoms with Gasteiger partial charge in [-0.2, -0.15) is 4.98 Å². The molecule has 1 amide bonds. The smallest absolute Gasteiger partial charge is 0.227 e. The standard InChI is InChI=1S/C20H17FN4O2/c21-15-6-7-17-14(10-15)11-16(23-17)12-22-18(26)8-9-19-24-20(25-27-19)13-4-2-1-3-5-13/h1-7,10-11,23H,8-9,12H2,(H,22,26). The lowest BCUT2D eigenvalue weighted by Gasteiger charge is -2.02. The minimum Gasteiger partial charge on any atom is -0.357 e. The zero-order chi connectivity index (χ0) is 18.6. The van der Waals surface area contributed by atoms with E-state index >= 15 is 0 Å². The molecule has 27 heavy (non-hydrogen) atoms. The lowest BCUT2D eigenvalue weighted by atomic mass is 10.2. The van der Waals surface area contributed by atoms with Gasteiger partial charge in [0, 0.05) is 35.0 Å². The summed E-state index contributed by atoms with van der Waals surface area (Å²) in [5.74, 6) is 0.521. The van der Waals surface area contributed by atoms with Crippen LogP contribution < -0.4 is 5.32 Å². The van der Waals surface area contributed by atoms with Gasteiger partial charge in [0.25, 0.3) is 0 Å². The van der Waals surface area contributed by atoms with E-state index in [-0.39, 0.29) is 18.1 Å². The molecule has 2 aromatic carbocycles. The van der Waals surface area contributed by atoms with Crippen molar-refractivity contribution in [1.82, 2.24) is 20.4 Å². The second-order valence-electron chi connectivity index (χ2n) is 6.18. The molecule has 2 N–H and O–H groups in total. The maximum Gasteiger partial charge on any atom is 0.227 e. The number of aromatic nitrogens is 3. The molecule has 0 aliphatic heterocycles. The molecule has 136 valence electrons. The molecule has 0 saturated carbocycles. The van der Waals surface area contributed by atoms with Crippen molar-refractivity contribution in [3.8, 4) is 11.4 Å². The molecule has 2 aromatic heterocycles. The monoisotopic (exact) mass is 364 g/mol. The quantitative estimate of drug-likeness (QED) is 0.547. The topological polar surface area (TPSA) is 83.8 Å². The molecule has 7 heteroatoms. The molecular weight excluding hydrogens is 347 g/mol. The molecule has 0 saturated heterocycles. The van der Waals surface area contributed by atoms with Crippen LogP contribution in [0.2, 0.25) is 0 Å². The number of aryl methyl sites for hydroxylation is 1. The first-order valence-corrected chi connectivity index (χ1v) is 8.59. The second kappa shape index (κ2) is 7.41. The van der Waals surface area contributed by atoms with Crippen LogP contribution in [-0.4, -0.2) is 21.0 Å². The van der Waals surface area contributed by atoms with E-state index in [0.29, 0.717) is 24.7 Å². The predicted octanol–water partition coefficient (Wildman–Crippen LogP) is 3.61. The van der Waals surface area contributed by atoms with Crippen LogP contribution >= 0.6 is 0 Å². The SMILES string of the molecule is O=C(CCc1nc(-c2ccccc2)no1)NCc1cc2cc(F)ccc2[nH]1. The number of carbonyl (C=O) groups excluding carboxylic acids is 1. The molecule has 0 aliphatic rings. The van der Waals surface area contributed by atoms with Crippen molar-refractivity contribution >= 4 is 16.8 Å². The third kappa shape index (κ3) is 4.03. The summed E-state index contributed by atoms with van der Waals surface area (Å²) >= 11 is 0. The molecule has 2 heterocycles. The first-order chi connectivity index (χ1) is 13.2. The van der Waals surface area contributed by atoms with E-state index in [2.05, 4.69) is 20.4 Å². The van der Waals surface area contributed by atoms with Crippen molar-refractivity contribution in [2.75, 3.05) is 0 Å². The van der Waals surface area contributed by atoms with Crippen LogP contribution in [0.5, 0.6) is 0 Å². The van der Waals surface area contributed by atoms with Gasteiger partial charge in [0.05, 0.1) is 6.54 Å². The molecule has 0 unspecified atom stereocenters. The van der Waals surface area contributed by atoms with Gasteiger partial charge in [-0.1, -0.05) is 35.5 Å². The van der Waals surface area contributed by atoms with Crippen LogP contribution in [0.15, 0.2) is 59.1 Å². The highest BCUT2D eigenvalue weighted by atomic mass is 19.1. The number of rotatable bonds is 6. The Labute approximate surface area is 154 Å². The van der Waals surface area contributed by atoms with Crippen LogP contribution in [0.1, 0.15) is 18.0 Å². The molecule has 0 fully saturated rings. The summed E-state index contributed by atoms with van der Waals surface area (Å²) in [6, 6.07) is 15.9. The van der Waals surface area contributed by atoms with Gasteiger partial charge in [0.2, 0.25) is 17.6 Å². The molecule has 0 aliphatic carbocycles. The van der Waals surface area contributed by atoms with Crippen molar-refractivity contribution in [1.29, 1.82) is 0 Å². The van der Waals surface area contributed by atoms with Gasteiger partial charge in [0.15, 0.2) is 0 Å². The van der Waals surface area contributed by atoms with E-state index in [0.717, 1.165) is 22.2 Å². The minimum absolute atomic E-state index is 0.126. The number of amides is 1. The van der Waals surface area contributed by atoms with E-state index < -0.39 is 0 Å². The van der Waals surface area contributed by atoms with E-state index in [4.69, 9.17) is 4.52 Å². The Kier molecular flexibility index (Phi) is 4.65. The van der Waals surface area contributed by atoms with Crippen LogP contribution in [0.4, 0.5) is 4.39 Å². The van der Waals surface area contributed by atoms with Crippen molar-refractivity contribution in [2.24, 2.45) is 0 Å².